The van der Waals surface area contributed by atoms with Crippen molar-refractivity contribution < 1.29 is 4.79 Å². The largest absolute Gasteiger partial charge is 0.399 e. The molecule has 1 heterocycles. The summed E-state index contributed by atoms with van der Waals surface area (Å²) in [7, 11) is 0. The summed E-state index contributed by atoms with van der Waals surface area (Å²) in [4.78, 5) is 11.7. The van der Waals surface area contributed by atoms with Gasteiger partial charge in [-0.1, -0.05) is 0 Å². The minimum absolute atomic E-state index is 0.0330. The van der Waals surface area contributed by atoms with Crippen molar-refractivity contribution in [1.29, 1.82) is 0 Å². The van der Waals surface area contributed by atoms with E-state index in [1.165, 1.54) is 0 Å². The second-order valence-corrected chi connectivity index (χ2v) is 4.18. The van der Waals surface area contributed by atoms with E-state index in [0.717, 1.165) is 10.1 Å². The van der Waals surface area contributed by atoms with E-state index in [4.69, 9.17) is 5.73 Å². The first kappa shape index (κ1) is 9.98. The first-order chi connectivity index (χ1) is 7.22. The van der Waals surface area contributed by atoms with Crippen molar-refractivity contribution >= 4 is 33.0 Å². The predicted octanol–water partition coefficient (Wildman–Crippen LogP) is 2.23. The lowest BCUT2D eigenvalue weighted by molar-refractivity contribution is 0.0958. The number of nitrogens with one attached hydrogen (secondary N) is 1. The van der Waals surface area contributed by atoms with Crippen molar-refractivity contribution in [1.82, 2.24) is 5.32 Å². The Hall–Kier alpha value is -1.55. The fourth-order valence-corrected chi connectivity index (χ4v) is 2.40. The Morgan fingerprint density at radius 3 is 3.07 bits per heavy atom. The molecule has 1 aromatic carbocycles. The third-order valence-corrected chi connectivity index (χ3v) is 3.14. The van der Waals surface area contributed by atoms with Crippen LogP contribution in [0.4, 0.5) is 5.69 Å². The van der Waals surface area contributed by atoms with E-state index in [9.17, 15) is 4.79 Å². The highest BCUT2D eigenvalue weighted by Crippen LogP contribution is 2.27. The Kier molecular flexibility index (Phi) is 2.60. The molecule has 0 atom stereocenters. The number of hydrogen-bond acceptors (Lipinski definition) is 3. The van der Waals surface area contributed by atoms with E-state index in [1.807, 2.05) is 30.5 Å². The monoisotopic (exact) mass is 220 g/mol. The summed E-state index contributed by atoms with van der Waals surface area (Å²) < 4.78 is 1.09. The highest BCUT2D eigenvalue weighted by molar-refractivity contribution is 7.17. The summed E-state index contributed by atoms with van der Waals surface area (Å²) in [6.07, 6.45) is 0. The molecule has 0 bridgehead atoms. The lowest BCUT2D eigenvalue weighted by atomic mass is 10.1. The van der Waals surface area contributed by atoms with Crippen LogP contribution in [0.3, 0.4) is 0 Å². The first-order valence-electron chi connectivity index (χ1n) is 4.77. The molecular weight excluding hydrogens is 208 g/mol. The first-order valence-corrected chi connectivity index (χ1v) is 5.65. The average molecular weight is 220 g/mol. The molecule has 3 N–H and O–H groups in total. The van der Waals surface area contributed by atoms with Gasteiger partial charge in [0.1, 0.15) is 0 Å². The number of hydrogen-bond donors (Lipinski definition) is 2. The number of thiophene rings is 1. The van der Waals surface area contributed by atoms with E-state index < -0.39 is 0 Å². The summed E-state index contributed by atoms with van der Waals surface area (Å²) in [5.41, 5.74) is 7.10. The van der Waals surface area contributed by atoms with Crippen LogP contribution in [0, 0.1) is 0 Å². The average Bonchev–Trinajstić information content (AvgIpc) is 2.60. The summed E-state index contributed by atoms with van der Waals surface area (Å²) in [6, 6.07) is 5.63. The van der Waals surface area contributed by atoms with Crippen LogP contribution in [0.5, 0.6) is 0 Å². The number of nitrogen functional groups attached to an aromatic ring is 1. The van der Waals surface area contributed by atoms with Gasteiger partial charge in [-0.3, -0.25) is 4.79 Å². The molecule has 0 radical (unpaired) electrons. The molecule has 0 unspecified atom stereocenters. The molecule has 2 rings (SSSR count). The number of anilines is 1. The molecule has 0 saturated heterocycles. The molecule has 0 spiro atoms. The van der Waals surface area contributed by atoms with E-state index in [2.05, 4.69) is 5.32 Å². The number of carbonyl (C=O) groups excluding carboxylic acids is 1. The van der Waals surface area contributed by atoms with Gasteiger partial charge >= 0.3 is 0 Å². The molecule has 0 saturated carbocycles. The van der Waals surface area contributed by atoms with E-state index >= 15 is 0 Å². The van der Waals surface area contributed by atoms with Crippen molar-refractivity contribution in [2.45, 2.75) is 6.92 Å². The van der Waals surface area contributed by atoms with Gasteiger partial charge in [0.2, 0.25) is 0 Å². The lowest BCUT2D eigenvalue weighted by Gasteiger charge is -2.00. The number of benzene rings is 1. The molecule has 0 aliphatic carbocycles. The van der Waals surface area contributed by atoms with Crippen LogP contribution in [-0.4, -0.2) is 12.5 Å². The third-order valence-electron chi connectivity index (χ3n) is 2.18. The van der Waals surface area contributed by atoms with E-state index in [0.29, 0.717) is 17.8 Å². The maximum absolute atomic E-state index is 11.7. The normalized spacial score (nSPS) is 10.5. The number of nitrogens with two attached hydrogens (primary N) is 1. The van der Waals surface area contributed by atoms with Gasteiger partial charge < -0.3 is 11.1 Å². The van der Waals surface area contributed by atoms with Crippen LogP contribution in [0.15, 0.2) is 23.6 Å². The number of rotatable bonds is 2. The van der Waals surface area contributed by atoms with Crippen molar-refractivity contribution in [3.8, 4) is 0 Å². The molecule has 78 valence electrons. The van der Waals surface area contributed by atoms with Crippen molar-refractivity contribution in [2.75, 3.05) is 12.3 Å². The smallest absolute Gasteiger partial charge is 0.252 e. The number of carbonyl (C=O) groups is 1. The van der Waals surface area contributed by atoms with Crippen molar-refractivity contribution in [3.05, 3.63) is 29.1 Å². The van der Waals surface area contributed by atoms with Crippen LogP contribution in [-0.2, 0) is 0 Å². The lowest BCUT2D eigenvalue weighted by Crippen LogP contribution is -2.22. The van der Waals surface area contributed by atoms with E-state index in [1.54, 1.807) is 11.3 Å². The van der Waals surface area contributed by atoms with E-state index in [-0.39, 0.29) is 5.91 Å². The van der Waals surface area contributed by atoms with Gasteiger partial charge in [-0.2, -0.15) is 0 Å². The number of amides is 1. The SMILES string of the molecule is CCNC(=O)c1csc2ccc(N)cc12. The molecule has 15 heavy (non-hydrogen) atoms. The predicted molar refractivity (Wildman–Crippen MR) is 64.2 cm³/mol. The molecule has 0 fully saturated rings. The quantitative estimate of drug-likeness (QED) is 0.762. The minimum atomic E-state index is -0.0330. The maximum Gasteiger partial charge on any atom is 0.252 e. The van der Waals surface area contributed by atoms with Crippen LogP contribution in [0.2, 0.25) is 0 Å². The molecule has 0 aliphatic rings. The minimum Gasteiger partial charge on any atom is -0.399 e. The molecule has 2 aromatic rings. The van der Waals surface area contributed by atoms with Crippen LogP contribution in [0.25, 0.3) is 10.1 Å². The second kappa shape index (κ2) is 3.90. The summed E-state index contributed by atoms with van der Waals surface area (Å²) in [5.74, 6) is -0.0330. The zero-order valence-electron chi connectivity index (χ0n) is 8.41. The molecule has 1 amide bonds. The van der Waals surface area contributed by atoms with Crippen LogP contribution >= 0.6 is 11.3 Å². The van der Waals surface area contributed by atoms with Gasteiger partial charge in [0, 0.05) is 27.7 Å². The molecule has 4 heteroatoms. The van der Waals surface area contributed by atoms with Gasteiger partial charge in [-0.25, -0.2) is 0 Å². The molecule has 1 aromatic heterocycles. The zero-order chi connectivity index (χ0) is 10.8. The van der Waals surface area contributed by atoms with Gasteiger partial charge in [-0.15, -0.1) is 11.3 Å². The van der Waals surface area contributed by atoms with Crippen LogP contribution < -0.4 is 11.1 Å². The summed E-state index contributed by atoms with van der Waals surface area (Å²) >= 11 is 1.56. The zero-order valence-corrected chi connectivity index (χ0v) is 9.23. The fraction of sp³-hybridized carbons (Fsp3) is 0.182. The second-order valence-electron chi connectivity index (χ2n) is 3.26. The Balaban J connectivity index is 2.52. The fourth-order valence-electron chi connectivity index (χ4n) is 1.48. The van der Waals surface area contributed by atoms with Gasteiger partial charge in [0.05, 0.1) is 5.56 Å². The van der Waals surface area contributed by atoms with Crippen molar-refractivity contribution in [2.24, 2.45) is 0 Å². The highest BCUT2D eigenvalue weighted by Gasteiger charge is 2.10. The summed E-state index contributed by atoms with van der Waals surface area (Å²) in [6.45, 7) is 2.54. The molecule has 0 aliphatic heterocycles. The topological polar surface area (TPSA) is 55.1 Å². The summed E-state index contributed by atoms with van der Waals surface area (Å²) in [5, 5.41) is 5.59. The van der Waals surface area contributed by atoms with Crippen molar-refractivity contribution in [3.63, 3.8) is 0 Å². The Morgan fingerprint density at radius 1 is 1.53 bits per heavy atom. The van der Waals surface area contributed by atoms with Gasteiger partial charge in [-0.05, 0) is 25.1 Å². The Labute approximate surface area is 91.9 Å². The standard InChI is InChI=1S/C11H12N2OS/c1-2-13-11(14)9-6-15-10-4-3-7(12)5-8(9)10/h3-6H,2,12H2,1H3,(H,13,14). The van der Waals surface area contributed by atoms with Crippen LogP contribution in [0.1, 0.15) is 17.3 Å². The van der Waals surface area contributed by atoms with Gasteiger partial charge in [0.25, 0.3) is 5.91 Å². The molecular formula is C11H12N2OS. The highest BCUT2D eigenvalue weighted by atomic mass is 32.1. The molecule has 3 nitrogen and oxygen atoms in total. The Bertz CT molecular complexity index is 504. The third kappa shape index (κ3) is 1.80. The number of fused-ring (bicyclic) bond motifs is 1. The Morgan fingerprint density at radius 2 is 2.33 bits per heavy atom. The maximum atomic E-state index is 11.7. The van der Waals surface area contributed by atoms with Gasteiger partial charge in [0.15, 0.2) is 0 Å².